The summed E-state index contributed by atoms with van der Waals surface area (Å²) in [5.74, 6) is 1.70. The van der Waals surface area contributed by atoms with Crippen LogP contribution in [0, 0.1) is 0 Å². The lowest BCUT2D eigenvalue weighted by Gasteiger charge is -2.12. The molecule has 1 atom stereocenters. The fraction of sp³-hybridized carbons (Fsp3) is 0.385. The van der Waals surface area contributed by atoms with Crippen LogP contribution in [0.3, 0.4) is 0 Å². The lowest BCUT2D eigenvalue weighted by atomic mass is 10.1. The van der Waals surface area contributed by atoms with E-state index in [1.165, 1.54) is 0 Å². The fourth-order valence-electron chi connectivity index (χ4n) is 1.61. The van der Waals surface area contributed by atoms with Crippen molar-refractivity contribution in [3.05, 3.63) is 40.0 Å². The van der Waals surface area contributed by atoms with Crippen molar-refractivity contribution in [3.8, 4) is 5.75 Å². The molecule has 19 heavy (non-hydrogen) atoms. The van der Waals surface area contributed by atoms with E-state index in [9.17, 15) is 5.11 Å². The van der Waals surface area contributed by atoms with Crippen LogP contribution < -0.4 is 4.74 Å². The molecule has 0 saturated heterocycles. The molecule has 2 rings (SSSR count). The second-order valence-electron chi connectivity index (χ2n) is 4.10. The van der Waals surface area contributed by atoms with Crippen molar-refractivity contribution < 1.29 is 14.4 Å². The number of halogens is 1. The smallest absolute Gasteiger partial charge is 0.226 e. The van der Waals surface area contributed by atoms with Crippen LogP contribution in [-0.4, -0.2) is 15.2 Å². The van der Waals surface area contributed by atoms with Gasteiger partial charge in [-0.2, -0.15) is 4.98 Å². The highest BCUT2D eigenvalue weighted by Crippen LogP contribution is 2.28. The van der Waals surface area contributed by atoms with Crippen LogP contribution in [0.2, 0.25) is 0 Å². The summed E-state index contributed by atoms with van der Waals surface area (Å²) < 4.78 is 11.5. The number of aromatic nitrogens is 2. The van der Waals surface area contributed by atoms with Gasteiger partial charge in [0.2, 0.25) is 11.7 Å². The normalized spacial score (nSPS) is 12.4. The topological polar surface area (TPSA) is 68.4 Å². The third-order valence-corrected chi connectivity index (χ3v) is 3.08. The molecule has 0 bridgehead atoms. The van der Waals surface area contributed by atoms with Crippen molar-refractivity contribution in [1.29, 1.82) is 0 Å². The maximum absolute atomic E-state index is 9.72. The van der Waals surface area contributed by atoms with Crippen LogP contribution in [0.15, 0.2) is 27.2 Å². The molecule has 1 N–H and O–H groups in total. The lowest BCUT2D eigenvalue weighted by Crippen LogP contribution is -2.02. The molecule has 0 spiro atoms. The SMILES string of the molecule is CCc1nc(COc2ccc(Br)cc2[C@@H](C)O)no1. The molecule has 5 nitrogen and oxygen atoms in total. The largest absolute Gasteiger partial charge is 0.485 e. The number of aliphatic hydroxyl groups is 1. The quantitative estimate of drug-likeness (QED) is 0.914. The number of aliphatic hydroxyl groups excluding tert-OH is 1. The lowest BCUT2D eigenvalue weighted by molar-refractivity contribution is 0.189. The van der Waals surface area contributed by atoms with Gasteiger partial charge in [-0.3, -0.25) is 0 Å². The van der Waals surface area contributed by atoms with Crippen molar-refractivity contribution in [3.63, 3.8) is 0 Å². The zero-order chi connectivity index (χ0) is 13.8. The Kier molecular flexibility index (Phi) is 4.55. The van der Waals surface area contributed by atoms with Crippen LogP contribution in [0.5, 0.6) is 5.75 Å². The van der Waals surface area contributed by atoms with Gasteiger partial charge in [0.25, 0.3) is 0 Å². The molecular formula is C13H15BrN2O3. The highest BCUT2D eigenvalue weighted by atomic mass is 79.9. The molecule has 0 fully saturated rings. The van der Waals surface area contributed by atoms with Crippen molar-refractivity contribution in [1.82, 2.24) is 10.1 Å². The summed E-state index contributed by atoms with van der Waals surface area (Å²) in [5.41, 5.74) is 0.716. The summed E-state index contributed by atoms with van der Waals surface area (Å²) >= 11 is 3.37. The maximum Gasteiger partial charge on any atom is 0.226 e. The van der Waals surface area contributed by atoms with E-state index in [1.807, 2.05) is 19.1 Å². The summed E-state index contributed by atoms with van der Waals surface area (Å²) in [6.07, 6.45) is 0.0912. The monoisotopic (exact) mass is 326 g/mol. The van der Waals surface area contributed by atoms with Crippen LogP contribution in [0.1, 0.15) is 37.2 Å². The Morgan fingerprint density at radius 3 is 2.89 bits per heavy atom. The van der Waals surface area contributed by atoms with Gasteiger partial charge in [-0.15, -0.1) is 0 Å². The van der Waals surface area contributed by atoms with Gasteiger partial charge in [0.1, 0.15) is 5.75 Å². The summed E-state index contributed by atoms with van der Waals surface area (Å²) in [7, 11) is 0. The summed E-state index contributed by atoms with van der Waals surface area (Å²) in [6, 6.07) is 5.48. The Labute approximate surface area is 119 Å². The van der Waals surface area contributed by atoms with Crippen LogP contribution >= 0.6 is 15.9 Å². The minimum absolute atomic E-state index is 0.213. The standard InChI is InChI=1S/C13H15BrN2O3/c1-3-13-15-12(16-19-13)7-18-11-5-4-9(14)6-10(11)8(2)17/h4-6,8,17H,3,7H2,1-2H3/t8-/m1/s1. The van der Waals surface area contributed by atoms with Gasteiger partial charge in [0.05, 0.1) is 6.10 Å². The van der Waals surface area contributed by atoms with E-state index >= 15 is 0 Å². The zero-order valence-electron chi connectivity index (χ0n) is 10.8. The van der Waals surface area contributed by atoms with E-state index in [1.54, 1.807) is 13.0 Å². The third kappa shape index (κ3) is 3.54. The van der Waals surface area contributed by atoms with Gasteiger partial charge in [-0.1, -0.05) is 28.0 Å². The number of ether oxygens (including phenoxy) is 1. The minimum atomic E-state index is -0.607. The first-order valence-corrected chi connectivity index (χ1v) is 6.81. The Morgan fingerprint density at radius 1 is 1.47 bits per heavy atom. The number of benzene rings is 1. The molecular weight excluding hydrogens is 312 g/mol. The number of hydrogen-bond acceptors (Lipinski definition) is 5. The van der Waals surface area contributed by atoms with Gasteiger partial charge in [-0.25, -0.2) is 0 Å². The van der Waals surface area contributed by atoms with Crippen molar-refractivity contribution >= 4 is 15.9 Å². The van der Waals surface area contributed by atoms with Crippen LogP contribution in [0.4, 0.5) is 0 Å². The number of rotatable bonds is 5. The first kappa shape index (κ1) is 14.0. The predicted octanol–water partition coefficient (Wildman–Crippen LogP) is 3.03. The number of nitrogens with zero attached hydrogens (tertiary/aromatic N) is 2. The molecule has 102 valence electrons. The van der Waals surface area contributed by atoms with Crippen LogP contribution in [0.25, 0.3) is 0 Å². The summed E-state index contributed by atoms with van der Waals surface area (Å²) in [5, 5.41) is 13.5. The molecule has 0 aliphatic heterocycles. The Hall–Kier alpha value is -1.40. The van der Waals surface area contributed by atoms with E-state index in [2.05, 4.69) is 26.1 Å². The Bertz CT molecular complexity index is 555. The molecule has 0 aliphatic carbocycles. The summed E-state index contributed by atoms with van der Waals surface area (Å²) in [4.78, 5) is 4.16. The van der Waals surface area contributed by atoms with E-state index < -0.39 is 6.10 Å². The van der Waals surface area contributed by atoms with Gasteiger partial charge >= 0.3 is 0 Å². The molecule has 1 aromatic carbocycles. The molecule has 2 aromatic rings. The molecule has 1 aromatic heterocycles. The Morgan fingerprint density at radius 2 is 2.26 bits per heavy atom. The molecule has 6 heteroatoms. The van der Waals surface area contributed by atoms with Gasteiger partial charge < -0.3 is 14.4 Å². The molecule has 0 unspecified atom stereocenters. The van der Waals surface area contributed by atoms with Crippen molar-refractivity contribution in [2.45, 2.75) is 33.0 Å². The first-order chi connectivity index (χ1) is 9.10. The summed E-state index contributed by atoms with van der Waals surface area (Å²) in [6.45, 7) is 3.85. The number of aryl methyl sites for hydroxylation is 1. The van der Waals surface area contributed by atoms with E-state index in [0.29, 0.717) is 29.4 Å². The van der Waals surface area contributed by atoms with Crippen molar-refractivity contribution in [2.24, 2.45) is 0 Å². The Balaban J connectivity index is 2.10. The predicted molar refractivity (Wildman–Crippen MR) is 72.8 cm³/mol. The molecule has 1 heterocycles. The average Bonchev–Trinajstić information content (AvgIpc) is 2.85. The van der Waals surface area contributed by atoms with Gasteiger partial charge in [0, 0.05) is 16.5 Å². The first-order valence-electron chi connectivity index (χ1n) is 6.02. The van der Waals surface area contributed by atoms with Crippen LogP contribution in [-0.2, 0) is 13.0 Å². The maximum atomic E-state index is 9.72. The van der Waals surface area contributed by atoms with Gasteiger partial charge in [-0.05, 0) is 25.1 Å². The third-order valence-electron chi connectivity index (χ3n) is 2.59. The zero-order valence-corrected chi connectivity index (χ0v) is 12.3. The average molecular weight is 327 g/mol. The highest BCUT2D eigenvalue weighted by molar-refractivity contribution is 9.10. The van der Waals surface area contributed by atoms with Gasteiger partial charge in [0.15, 0.2) is 6.61 Å². The minimum Gasteiger partial charge on any atom is -0.485 e. The van der Waals surface area contributed by atoms with E-state index in [0.717, 1.165) is 4.47 Å². The molecule has 0 radical (unpaired) electrons. The second kappa shape index (κ2) is 6.16. The molecule has 0 aliphatic rings. The fourth-order valence-corrected chi connectivity index (χ4v) is 1.99. The highest BCUT2D eigenvalue weighted by Gasteiger charge is 2.11. The van der Waals surface area contributed by atoms with Crippen molar-refractivity contribution in [2.75, 3.05) is 0 Å². The van der Waals surface area contributed by atoms with E-state index in [-0.39, 0.29) is 6.61 Å². The number of hydrogen-bond donors (Lipinski definition) is 1. The molecule has 0 amide bonds. The molecule has 0 saturated carbocycles. The second-order valence-corrected chi connectivity index (χ2v) is 5.02. The van der Waals surface area contributed by atoms with E-state index in [4.69, 9.17) is 9.26 Å².